The molecule has 1 atom stereocenters. The Morgan fingerprint density at radius 3 is 2.45 bits per heavy atom. The molecule has 160 valence electrons. The summed E-state index contributed by atoms with van der Waals surface area (Å²) in [5, 5.41) is 20.7. The topological polar surface area (TPSA) is 92.8 Å². The predicted octanol–water partition coefficient (Wildman–Crippen LogP) is 4.74. The van der Waals surface area contributed by atoms with Gasteiger partial charge in [0.25, 0.3) is 0 Å². The van der Waals surface area contributed by atoms with Crippen molar-refractivity contribution in [1.82, 2.24) is 14.8 Å². The average molecular weight is 440 g/mol. The lowest BCUT2D eigenvalue weighted by Crippen LogP contribution is -2.16. The maximum Gasteiger partial charge on any atom is 0.234 e. The third-order valence-electron chi connectivity index (χ3n) is 4.33. The van der Waals surface area contributed by atoms with Crippen molar-refractivity contribution in [2.75, 3.05) is 11.1 Å². The number of hydrogen-bond acceptors (Lipinski definition) is 6. The van der Waals surface area contributed by atoms with Crippen molar-refractivity contribution in [3.05, 3.63) is 65.7 Å². The molecular formula is C22H22FN5O2S. The number of nitrogens with one attached hydrogen (secondary N) is 1. The maximum absolute atomic E-state index is 13.1. The second-order valence-corrected chi connectivity index (χ2v) is 7.99. The number of carbonyl (C=O) groups excluding carboxylic acids is 1. The summed E-state index contributed by atoms with van der Waals surface area (Å²) in [5.74, 6) is 0.781. The molecule has 0 aliphatic rings. The number of hydrogen-bond donors (Lipinski definition) is 1. The van der Waals surface area contributed by atoms with Gasteiger partial charge >= 0.3 is 0 Å². The maximum atomic E-state index is 13.1. The number of anilines is 1. The van der Waals surface area contributed by atoms with E-state index in [-0.39, 0.29) is 23.5 Å². The fraction of sp³-hybridized carbons (Fsp3) is 0.273. The minimum atomic E-state index is -0.415. The van der Waals surface area contributed by atoms with Crippen molar-refractivity contribution < 1.29 is 13.9 Å². The van der Waals surface area contributed by atoms with Crippen LogP contribution in [0.2, 0.25) is 0 Å². The summed E-state index contributed by atoms with van der Waals surface area (Å²) in [4.78, 5) is 12.3. The number of amides is 1. The summed E-state index contributed by atoms with van der Waals surface area (Å²) < 4.78 is 20.9. The average Bonchev–Trinajstić information content (AvgIpc) is 3.19. The number of nitrogens with zero attached hydrogens (tertiary/aromatic N) is 4. The first-order valence-corrected chi connectivity index (χ1v) is 10.7. The summed E-state index contributed by atoms with van der Waals surface area (Å²) in [7, 11) is 0. The first-order chi connectivity index (χ1) is 14.9. The molecule has 0 aliphatic carbocycles. The van der Waals surface area contributed by atoms with E-state index in [0.29, 0.717) is 28.0 Å². The number of rotatable bonds is 8. The van der Waals surface area contributed by atoms with Crippen LogP contribution in [-0.4, -0.2) is 26.4 Å². The highest BCUT2D eigenvalue weighted by Crippen LogP contribution is 2.27. The van der Waals surface area contributed by atoms with Crippen LogP contribution in [-0.2, 0) is 4.79 Å². The summed E-state index contributed by atoms with van der Waals surface area (Å²) in [6.07, 6.45) is -0.415. The van der Waals surface area contributed by atoms with Gasteiger partial charge in [-0.1, -0.05) is 11.8 Å². The van der Waals surface area contributed by atoms with Gasteiger partial charge in [-0.2, -0.15) is 5.26 Å². The summed E-state index contributed by atoms with van der Waals surface area (Å²) >= 11 is 1.28. The van der Waals surface area contributed by atoms with Gasteiger partial charge in [0.1, 0.15) is 11.6 Å². The van der Waals surface area contributed by atoms with Gasteiger partial charge < -0.3 is 14.6 Å². The Morgan fingerprint density at radius 1 is 1.16 bits per heavy atom. The smallest absolute Gasteiger partial charge is 0.234 e. The van der Waals surface area contributed by atoms with Crippen LogP contribution in [0.1, 0.15) is 44.3 Å². The Bertz CT molecular complexity index is 1070. The van der Waals surface area contributed by atoms with Gasteiger partial charge in [0.05, 0.1) is 17.4 Å². The second kappa shape index (κ2) is 10.1. The zero-order valence-electron chi connectivity index (χ0n) is 17.4. The SMILES string of the molecule is CC(Oc1ccc(F)cc1)c1nnc(SCC(=O)Nc2ccc(C#N)cc2)n1C(C)C. The molecule has 3 rings (SSSR count). The van der Waals surface area contributed by atoms with E-state index in [1.54, 1.807) is 36.4 Å². The van der Waals surface area contributed by atoms with Crippen molar-refractivity contribution in [2.24, 2.45) is 0 Å². The Hall–Kier alpha value is -3.38. The van der Waals surface area contributed by atoms with E-state index in [2.05, 4.69) is 15.5 Å². The number of benzene rings is 2. The lowest BCUT2D eigenvalue weighted by Gasteiger charge is -2.18. The lowest BCUT2D eigenvalue weighted by molar-refractivity contribution is -0.113. The van der Waals surface area contributed by atoms with Crippen LogP contribution in [0, 0.1) is 17.1 Å². The van der Waals surface area contributed by atoms with Gasteiger partial charge in [0.15, 0.2) is 17.1 Å². The number of thioether (sulfide) groups is 1. The van der Waals surface area contributed by atoms with E-state index in [9.17, 15) is 9.18 Å². The molecule has 2 aromatic carbocycles. The lowest BCUT2D eigenvalue weighted by atomic mass is 10.2. The molecule has 1 aromatic heterocycles. The quantitative estimate of drug-likeness (QED) is 0.510. The molecule has 1 heterocycles. The Balaban J connectivity index is 1.65. The third-order valence-corrected chi connectivity index (χ3v) is 5.27. The Morgan fingerprint density at radius 2 is 1.84 bits per heavy atom. The van der Waals surface area contributed by atoms with Crippen LogP contribution in [0.25, 0.3) is 0 Å². The third kappa shape index (κ3) is 5.83. The number of halogens is 1. The summed E-state index contributed by atoms with van der Waals surface area (Å²) in [6, 6.07) is 14.5. The van der Waals surface area contributed by atoms with Gasteiger partial charge in [-0.3, -0.25) is 4.79 Å². The van der Waals surface area contributed by atoms with Crippen molar-refractivity contribution in [3.8, 4) is 11.8 Å². The molecule has 1 N–H and O–H groups in total. The minimum absolute atomic E-state index is 0.0494. The normalized spacial score (nSPS) is 11.7. The molecule has 0 saturated heterocycles. The highest BCUT2D eigenvalue weighted by atomic mass is 32.2. The fourth-order valence-corrected chi connectivity index (χ4v) is 3.75. The largest absolute Gasteiger partial charge is 0.483 e. The predicted molar refractivity (Wildman–Crippen MR) is 116 cm³/mol. The Kier molecular flexibility index (Phi) is 7.26. The highest BCUT2D eigenvalue weighted by molar-refractivity contribution is 7.99. The summed E-state index contributed by atoms with van der Waals surface area (Å²) in [6.45, 7) is 5.84. The number of ether oxygens (including phenoxy) is 1. The van der Waals surface area contributed by atoms with Crippen LogP contribution in [0.5, 0.6) is 5.75 Å². The first-order valence-electron chi connectivity index (χ1n) is 9.67. The minimum Gasteiger partial charge on any atom is -0.483 e. The zero-order valence-corrected chi connectivity index (χ0v) is 18.2. The molecular weight excluding hydrogens is 417 g/mol. The first kappa shape index (κ1) is 22.3. The van der Waals surface area contributed by atoms with Crippen LogP contribution in [0.3, 0.4) is 0 Å². The van der Waals surface area contributed by atoms with Crippen LogP contribution in [0.4, 0.5) is 10.1 Å². The number of carbonyl (C=O) groups is 1. The molecule has 0 saturated carbocycles. The fourth-order valence-electron chi connectivity index (χ4n) is 2.87. The highest BCUT2D eigenvalue weighted by Gasteiger charge is 2.22. The Labute approximate surface area is 184 Å². The van der Waals surface area contributed by atoms with Crippen LogP contribution < -0.4 is 10.1 Å². The van der Waals surface area contributed by atoms with Gasteiger partial charge in [-0.15, -0.1) is 10.2 Å². The van der Waals surface area contributed by atoms with E-state index < -0.39 is 6.10 Å². The van der Waals surface area contributed by atoms with Crippen LogP contribution >= 0.6 is 11.8 Å². The zero-order chi connectivity index (χ0) is 22.4. The van der Waals surface area contributed by atoms with Gasteiger partial charge in [-0.05, 0) is 69.3 Å². The molecule has 3 aromatic rings. The van der Waals surface area contributed by atoms with E-state index in [4.69, 9.17) is 10.00 Å². The van der Waals surface area contributed by atoms with E-state index in [0.717, 1.165) is 0 Å². The standard InChI is InChI=1S/C22H22FN5O2S/c1-14(2)28-21(15(3)30-19-10-6-17(23)7-11-19)26-27-22(28)31-13-20(29)25-18-8-4-16(12-24)5-9-18/h4-11,14-15H,13H2,1-3H3,(H,25,29). The van der Waals surface area contributed by atoms with E-state index in [1.165, 1.54) is 23.9 Å². The van der Waals surface area contributed by atoms with Gasteiger partial charge in [0.2, 0.25) is 5.91 Å². The molecule has 1 unspecified atom stereocenters. The van der Waals surface area contributed by atoms with Crippen molar-refractivity contribution in [2.45, 2.75) is 38.1 Å². The van der Waals surface area contributed by atoms with Gasteiger partial charge in [-0.25, -0.2) is 4.39 Å². The van der Waals surface area contributed by atoms with Crippen LogP contribution in [0.15, 0.2) is 53.7 Å². The van der Waals surface area contributed by atoms with E-state index >= 15 is 0 Å². The molecule has 31 heavy (non-hydrogen) atoms. The molecule has 0 bridgehead atoms. The molecule has 0 radical (unpaired) electrons. The van der Waals surface area contributed by atoms with E-state index in [1.807, 2.05) is 31.4 Å². The van der Waals surface area contributed by atoms with Crippen molar-refractivity contribution in [1.29, 1.82) is 5.26 Å². The molecule has 0 aliphatic heterocycles. The molecule has 0 spiro atoms. The molecule has 7 nitrogen and oxygen atoms in total. The monoisotopic (exact) mass is 439 g/mol. The molecule has 0 fully saturated rings. The van der Waals surface area contributed by atoms with Gasteiger partial charge in [0, 0.05) is 11.7 Å². The molecule has 1 amide bonds. The van der Waals surface area contributed by atoms with Crippen molar-refractivity contribution >= 4 is 23.4 Å². The second-order valence-electron chi connectivity index (χ2n) is 7.04. The molecule has 9 heteroatoms. The summed E-state index contributed by atoms with van der Waals surface area (Å²) in [5.41, 5.74) is 1.15. The number of aromatic nitrogens is 3. The number of nitriles is 1. The van der Waals surface area contributed by atoms with Crippen molar-refractivity contribution in [3.63, 3.8) is 0 Å².